The zero-order valence-electron chi connectivity index (χ0n) is 9.81. The third-order valence-corrected chi connectivity index (χ3v) is 3.82. The lowest BCUT2D eigenvalue weighted by Crippen LogP contribution is -2.19. The largest absolute Gasteiger partial charge is 0.351 e. The number of fused-ring (bicyclic) bond motifs is 1. The van der Waals surface area contributed by atoms with Crippen LogP contribution in [0.4, 0.5) is 0 Å². The van der Waals surface area contributed by atoms with Gasteiger partial charge in [0.15, 0.2) is 12.0 Å². The predicted octanol–water partition coefficient (Wildman–Crippen LogP) is 1.51. The molecular formula is C11H18N2O2S. The fraction of sp³-hybridized carbons (Fsp3) is 0.818. The number of thioether (sulfide) groups is 1. The molecule has 0 aliphatic carbocycles. The zero-order chi connectivity index (χ0) is 11.5. The molecule has 2 unspecified atom stereocenters. The van der Waals surface area contributed by atoms with Crippen LogP contribution < -0.4 is 0 Å². The Morgan fingerprint density at radius 3 is 3.12 bits per heavy atom. The Balaban J connectivity index is 1.80. The highest BCUT2D eigenvalue weighted by atomic mass is 32.2. The molecule has 2 atom stereocenters. The summed E-state index contributed by atoms with van der Waals surface area (Å²) in [5.74, 6) is 2.37. The van der Waals surface area contributed by atoms with Gasteiger partial charge in [0.1, 0.15) is 5.71 Å². The molecule has 2 rings (SSSR count). The van der Waals surface area contributed by atoms with E-state index in [2.05, 4.69) is 12.0 Å². The van der Waals surface area contributed by atoms with Crippen LogP contribution in [-0.2, 0) is 9.53 Å². The Hall–Kier alpha value is -0.550. The van der Waals surface area contributed by atoms with Gasteiger partial charge in [0, 0.05) is 13.3 Å². The van der Waals surface area contributed by atoms with Crippen LogP contribution in [0, 0.1) is 0 Å². The summed E-state index contributed by atoms with van der Waals surface area (Å²) in [6.07, 6.45) is 2.06. The van der Waals surface area contributed by atoms with Gasteiger partial charge in [0.25, 0.3) is 0 Å². The summed E-state index contributed by atoms with van der Waals surface area (Å²) in [4.78, 5) is 11.2. The molecule has 2 aliphatic heterocycles. The second-order valence-corrected chi connectivity index (χ2v) is 5.52. The molecule has 16 heavy (non-hydrogen) atoms. The minimum absolute atomic E-state index is 0.0236. The maximum Gasteiger partial charge on any atom is 0.175 e. The highest BCUT2D eigenvalue weighted by molar-refractivity contribution is 7.99. The Kier molecular flexibility index (Phi) is 3.86. The standard InChI is InChI=1S/C11H18N2O2S/c1-3-16-5-4-9-7-13-11(15-9)6-10(12-13)8(2)14/h9,11H,3-7H2,1-2H3. The van der Waals surface area contributed by atoms with Crippen LogP contribution in [0.2, 0.25) is 0 Å². The summed E-state index contributed by atoms with van der Waals surface area (Å²) < 4.78 is 5.86. The summed E-state index contributed by atoms with van der Waals surface area (Å²) >= 11 is 1.94. The van der Waals surface area contributed by atoms with E-state index in [9.17, 15) is 4.79 Å². The molecule has 1 saturated heterocycles. The number of carbonyl (C=O) groups excluding carboxylic acids is 1. The van der Waals surface area contributed by atoms with Crippen molar-refractivity contribution in [3.05, 3.63) is 0 Å². The minimum atomic E-state index is 0.0236. The van der Waals surface area contributed by atoms with Gasteiger partial charge in [-0.1, -0.05) is 6.92 Å². The topological polar surface area (TPSA) is 41.9 Å². The van der Waals surface area contributed by atoms with Crippen LogP contribution in [0.1, 0.15) is 26.7 Å². The van der Waals surface area contributed by atoms with Crippen molar-refractivity contribution in [3.8, 4) is 0 Å². The summed E-state index contributed by atoms with van der Waals surface area (Å²) in [5, 5.41) is 6.23. The van der Waals surface area contributed by atoms with Gasteiger partial charge in [-0.3, -0.25) is 9.80 Å². The van der Waals surface area contributed by atoms with Crippen molar-refractivity contribution in [1.29, 1.82) is 0 Å². The zero-order valence-corrected chi connectivity index (χ0v) is 10.6. The van der Waals surface area contributed by atoms with E-state index in [1.54, 1.807) is 6.92 Å². The van der Waals surface area contributed by atoms with Crippen molar-refractivity contribution in [3.63, 3.8) is 0 Å². The number of hydrogen-bond acceptors (Lipinski definition) is 5. The highest BCUT2D eigenvalue weighted by Crippen LogP contribution is 2.27. The molecule has 0 spiro atoms. The summed E-state index contributed by atoms with van der Waals surface area (Å²) in [7, 11) is 0. The number of Topliss-reactive ketones (excluding diaryl/α,β-unsaturated/α-hetero) is 1. The van der Waals surface area contributed by atoms with Gasteiger partial charge in [0.2, 0.25) is 0 Å². The highest BCUT2D eigenvalue weighted by Gasteiger charge is 2.37. The molecule has 4 nitrogen and oxygen atoms in total. The van der Waals surface area contributed by atoms with Gasteiger partial charge in [-0.05, 0) is 17.9 Å². The molecule has 0 saturated carbocycles. The average molecular weight is 242 g/mol. The van der Waals surface area contributed by atoms with Crippen LogP contribution in [0.15, 0.2) is 5.10 Å². The number of nitrogens with zero attached hydrogens (tertiary/aromatic N) is 2. The molecule has 0 bridgehead atoms. The number of hydrogen-bond donors (Lipinski definition) is 0. The number of ketones is 1. The van der Waals surface area contributed by atoms with E-state index < -0.39 is 0 Å². The average Bonchev–Trinajstić information content (AvgIpc) is 2.75. The Morgan fingerprint density at radius 1 is 1.69 bits per heavy atom. The molecule has 0 radical (unpaired) electrons. The third-order valence-electron chi connectivity index (χ3n) is 2.88. The van der Waals surface area contributed by atoms with Gasteiger partial charge < -0.3 is 4.74 Å². The van der Waals surface area contributed by atoms with Crippen LogP contribution in [0.5, 0.6) is 0 Å². The molecular weight excluding hydrogens is 224 g/mol. The van der Waals surface area contributed by atoms with E-state index in [0.717, 1.165) is 24.5 Å². The van der Waals surface area contributed by atoms with Gasteiger partial charge >= 0.3 is 0 Å². The number of carbonyl (C=O) groups is 1. The van der Waals surface area contributed by atoms with Gasteiger partial charge in [-0.25, -0.2) is 0 Å². The van der Waals surface area contributed by atoms with E-state index in [1.807, 2.05) is 16.8 Å². The first-order valence-electron chi connectivity index (χ1n) is 5.79. The fourth-order valence-electron chi connectivity index (χ4n) is 2.01. The second-order valence-electron chi connectivity index (χ2n) is 4.13. The van der Waals surface area contributed by atoms with Gasteiger partial charge in [-0.2, -0.15) is 16.9 Å². The SMILES string of the molecule is CCSCCC1CN2N=C(C(C)=O)CC2O1. The Bertz CT molecular complexity index is 306. The van der Waals surface area contributed by atoms with Gasteiger partial charge in [-0.15, -0.1) is 0 Å². The first-order valence-corrected chi connectivity index (χ1v) is 6.94. The number of ether oxygens (including phenoxy) is 1. The van der Waals surface area contributed by atoms with E-state index in [-0.39, 0.29) is 12.0 Å². The van der Waals surface area contributed by atoms with E-state index in [0.29, 0.717) is 18.2 Å². The van der Waals surface area contributed by atoms with E-state index in [1.165, 1.54) is 0 Å². The molecule has 0 N–H and O–H groups in total. The lowest BCUT2D eigenvalue weighted by Gasteiger charge is -2.09. The summed E-state index contributed by atoms with van der Waals surface area (Å²) in [6, 6.07) is 0. The van der Waals surface area contributed by atoms with Crippen LogP contribution in [-0.4, -0.2) is 46.9 Å². The first-order chi connectivity index (χ1) is 7.70. The smallest absolute Gasteiger partial charge is 0.175 e. The third kappa shape index (κ3) is 2.58. The predicted molar refractivity (Wildman–Crippen MR) is 65.7 cm³/mol. The molecule has 0 aromatic carbocycles. The molecule has 1 fully saturated rings. The van der Waals surface area contributed by atoms with Crippen molar-refractivity contribution in [2.75, 3.05) is 18.1 Å². The normalized spacial score (nSPS) is 28.1. The minimum Gasteiger partial charge on any atom is -0.351 e. The van der Waals surface area contributed by atoms with Crippen molar-refractivity contribution >= 4 is 23.3 Å². The molecule has 90 valence electrons. The summed E-state index contributed by atoms with van der Waals surface area (Å²) in [6.45, 7) is 4.57. The number of rotatable bonds is 5. The van der Waals surface area contributed by atoms with Gasteiger partial charge in [0.05, 0.1) is 12.6 Å². The van der Waals surface area contributed by atoms with Crippen molar-refractivity contribution < 1.29 is 9.53 Å². The first kappa shape index (κ1) is 11.9. The van der Waals surface area contributed by atoms with Crippen LogP contribution in [0.25, 0.3) is 0 Å². The van der Waals surface area contributed by atoms with Crippen molar-refractivity contribution in [2.45, 2.75) is 39.0 Å². The van der Waals surface area contributed by atoms with Crippen molar-refractivity contribution in [1.82, 2.24) is 5.01 Å². The number of hydrazone groups is 1. The maximum atomic E-state index is 11.2. The maximum absolute atomic E-state index is 11.2. The quantitative estimate of drug-likeness (QED) is 0.685. The monoisotopic (exact) mass is 242 g/mol. The lowest BCUT2D eigenvalue weighted by atomic mass is 10.2. The molecule has 0 aromatic heterocycles. The van der Waals surface area contributed by atoms with Crippen LogP contribution >= 0.6 is 11.8 Å². The fourth-order valence-corrected chi connectivity index (χ4v) is 2.73. The molecule has 2 heterocycles. The Morgan fingerprint density at radius 2 is 2.50 bits per heavy atom. The van der Waals surface area contributed by atoms with Crippen molar-refractivity contribution in [2.24, 2.45) is 5.10 Å². The van der Waals surface area contributed by atoms with Crippen LogP contribution in [0.3, 0.4) is 0 Å². The summed E-state index contributed by atoms with van der Waals surface area (Å²) in [5.41, 5.74) is 0.659. The van der Waals surface area contributed by atoms with E-state index >= 15 is 0 Å². The van der Waals surface area contributed by atoms with E-state index in [4.69, 9.17) is 4.74 Å². The molecule has 0 amide bonds. The molecule has 2 aliphatic rings. The molecule has 5 heteroatoms. The second kappa shape index (κ2) is 5.19. The Labute approximate surface area is 100 Å². The molecule has 0 aromatic rings. The lowest BCUT2D eigenvalue weighted by molar-refractivity contribution is -0.111.